The van der Waals surface area contributed by atoms with Crippen molar-refractivity contribution in [2.75, 3.05) is 0 Å². The van der Waals surface area contributed by atoms with E-state index in [4.69, 9.17) is 9.98 Å². The monoisotopic (exact) mass is 330 g/mol. The van der Waals surface area contributed by atoms with Gasteiger partial charge in [-0.05, 0) is 35.4 Å². The Labute approximate surface area is 150 Å². The van der Waals surface area contributed by atoms with Gasteiger partial charge < -0.3 is 0 Å². The van der Waals surface area contributed by atoms with Crippen LogP contribution in [0, 0.1) is 10.4 Å². The molecule has 2 nitrogen and oxygen atoms in total. The molecule has 0 saturated heterocycles. The number of hydrogen-bond donors (Lipinski definition) is 0. The lowest BCUT2D eigenvalue weighted by atomic mass is 9.93. The first-order valence-electron chi connectivity index (χ1n) is 8.79. The molecular weight excluding hydrogens is 316 g/mol. The molecule has 0 bridgehead atoms. The van der Waals surface area contributed by atoms with Crippen LogP contribution in [0.1, 0.15) is 0 Å². The van der Waals surface area contributed by atoms with E-state index in [1.165, 1.54) is 27.1 Å². The normalized spacial score (nSPS) is 12.5. The van der Waals surface area contributed by atoms with Gasteiger partial charge in [-0.15, -0.1) is 0 Å². The van der Waals surface area contributed by atoms with E-state index in [1.807, 2.05) is 6.07 Å². The van der Waals surface area contributed by atoms with E-state index in [-0.39, 0.29) is 0 Å². The highest BCUT2D eigenvalue weighted by atomic mass is 14.8. The fourth-order valence-electron chi connectivity index (χ4n) is 4.06. The van der Waals surface area contributed by atoms with Gasteiger partial charge in [0.1, 0.15) is 0 Å². The largest absolute Gasteiger partial charge is 0.248 e. The van der Waals surface area contributed by atoms with Crippen molar-refractivity contribution in [3.05, 3.63) is 106 Å². The molecule has 0 N–H and O–H groups in total. The van der Waals surface area contributed by atoms with Crippen LogP contribution in [0.2, 0.25) is 0 Å². The Morgan fingerprint density at radius 1 is 0.500 bits per heavy atom. The summed E-state index contributed by atoms with van der Waals surface area (Å²) in [4.78, 5) is 9.84. The first-order chi connectivity index (χ1) is 12.9. The van der Waals surface area contributed by atoms with Crippen molar-refractivity contribution in [1.29, 1.82) is 0 Å². The summed E-state index contributed by atoms with van der Waals surface area (Å²) in [6.45, 7) is 0. The van der Waals surface area contributed by atoms with Gasteiger partial charge in [-0.2, -0.15) is 0 Å². The average Bonchev–Trinajstić information content (AvgIpc) is 3.26. The number of para-hydroxylation sites is 1. The fourth-order valence-corrected chi connectivity index (χ4v) is 4.06. The maximum atomic E-state index is 4.96. The lowest BCUT2D eigenvalue weighted by Gasteiger charge is -2.10. The molecule has 0 aliphatic carbocycles. The van der Waals surface area contributed by atoms with Crippen LogP contribution in [0.25, 0.3) is 22.3 Å². The van der Waals surface area contributed by atoms with E-state index in [9.17, 15) is 0 Å². The predicted octanol–water partition coefficient (Wildman–Crippen LogP) is 4.84. The second-order valence-electron chi connectivity index (χ2n) is 6.66. The number of fused-ring (bicyclic) bond motifs is 6. The molecule has 4 aromatic rings. The summed E-state index contributed by atoms with van der Waals surface area (Å²) in [6, 6.07) is 29.5. The van der Waals surface area contributed by atoms with Crippen molar-refractivity contribution in [3.8, 4) is 22.3 Å². The van der Waals surface area contributed by atoms with Crippen LogP contribution in [0.15, 0.2) is 94.9 Å². The van der Waals surface area contributed by atoms with Crippen molar-refractivity contribution < 1.29 is 0 Å². The summed E-state index contributed by atoms with van der Waals surface area (Å²) in [5.74, 6) is 0. The molecule has 6 rings (SSSR count). The highest BCUT2D eigenvalue weighted by Crippen LogP contribution is 2.44. The fraction of sp³-hybridized carbons (Fsp3) is 0. The van der Waals surface area contributed by atoms with E-state index in [2.05, 4.69) is 78.9 Å². The topological polar surface area (TPSA) is 24.7 Å². The van der Waals surface area contributed by atoms with Crippen LogP contribution >= 0.6 is 0 Å². The van der Waals surface area contributed by atoms with Gasteiger partial charge in [0, 0.05) is 21.6 Å². The SMILES string of the molecule is c1ccc(-c2cccc3c2-c2c4c(ccc2=N3)=c2ccccc2=N4)cc1. The quantitative estimate of drug-likeness (QED) is 0.412. The summed E-state index contributed by atoms with van der Waals surface area (Å²) >= 11 is 0. The minimum atomic E-state index is 1.01. The van der Waals surface area contributed by atoms with Gasteiger partial charge in [0.25, 0.3) is 0 Å². The average molecular weight is 330 g/mol. The molecule has 0 unspecified atom stereocenters. The molecular formula is C24H14N2. The Morgan fingerprint density at radius 2 is 1.35 bits per heavy atom. The van der Waals surface area contributed by atoms with Gasteiger partial charge in [0.2, 0.25) is 0 Å². The van der Waals surface area contributed by atoms with Gasteiger partial charge in [0.15, 0.2) is 0 Å². The van der Waals surface area contributed by atoms with Crippen LogP contribution < -0.4 is 10.7 Å². The number of nitrogens with zero attached hydrogens (tertiary/aromatic N) is 2. The molecule has 2 aliphatic rings. The zero-order valence-corrected chi connectivity index (χ0v) is 14.0. The summed E-state index contributed by atoms with van der Waals surface area (Å²) in [5, 5.41) is 4.46. The van der Waals surface area contributed by atoms with Crippen molar-refractivity contribution in [3.63, 3.8) is 0 Å². The van der Waals surface area contributed by atoms with Crippen LogP contribution in [0.3, 0.4) is 0 Å². The van der Waals surface area contributed by atoms with Crippen molar-refractivity contribution in [2.45, 2.75) is 0 Å². The van der Waals surface area contributed by atoms with Crippen LogP contribution in [-0.4, -0.2) is 0 Å². The molecule has 4 aromatic carbocycles. The number of rotatable bonds is 1. The zero-order valence-electron chi connectivity index (χ0n) is 14.0. The van der Waals surface area contributed by atoms with E-state index in [0.29, 0.717) is 0 Å². The van der Waals surface area contributed by atoms with Crippen LogP contribution in [0.5, 0.6) is 0 Å². The lowest BCUT2D eigenvalue weighted by Crippen LogP contribution is -2.00. The third-order valence-corrected chi connectivity index (χ3v) is 5.20. The Morgan fingerprint density at radius 3 is 2.27 bits per heavy atom. The lowest BCUT2D eigenvalue weighted by molar-refractivity contribution is 1.36. The standard InChI is InChI=1S/C24H14N2/c1-2-7-15(8-3-1)16-10-6-12-20-22(16)23-21(25-20)14-13-18-17-9-4-5-11-19(17)26-24(18)23/h1-14H. The zero-order chi connectivity index (χ0) is 17.1. The third-order valence-electron chi connectivity index (χ3n) is 5.20. The third kappa shape index (κ3) is 1.76. The Bertz CT molecular complexity index is 1420. The summed E-state index contributed by atoms with van der Waals surface area (Å²) in [7, 11) is 0. The Hall–Kier alpha value is -3.52. The molecule has 0 amide bonds. The summed E-state index contributed by atoms with van der Waals surface area (Å²) < 4.78 is 0. The predicted molar refractivity (Wildman–Crippen MR) is 103 cm³/mol. The molecule has 2 aliphatic heterocycles. The second-order valence-corrected chi connectivity index (χ2v) is 6.66. The number of benzene rings is 4. The Kier molecular flexibility index (Phi) is 2.64. The maximum Gasteiger partial charge on any atom is 0.0817 e. The second kappa shape index (κ2) is 4.99. The van der Waals surface area contributed by atoms with Gasteiger partial charge >= 0.3 is 0 Å². The van der Waals surface area contributed by atoms with Crippen LogP contribution in [-0.2, 0) is 0 Å². The Balaban J connectivity index is 1.76. The van der Waals surface area contributed by atoms with E-state index < -0.39 is 0 Å². The van der Waals surface area contributed by atoms with Crippen molar-refractivity contribution in [2.24, 2.45) is 9.98 Å². The van der Waals surface area contributed by atoms with Crippen molar-refractivity contribution >= 4 is 11.4 Å². The van der Waals surface area contributed by atoms with Crippen LogP contribution in [0.4, 0.5) is 11.4 Å². The van der Waals surface area contributed by atoms with Gasteiger partial charge in [0.05, 0.1) is 22.1 Å². The van der Waals surface area contributed by atoms with E-state index in [1.54, 1.807) is 0 Å². The van der Waals surface area contributed by atoms with E-state index >= 15 is 0 Å². The number of hydrogen-bond acceptors (Lipinski definition) is 2. The molecule has 0 radical (unpaired) electrons. The molecule has 26 heavy (non-hydrogen) atoms. The first-order valence-corrected chi connectivity index (χ1v) is 8.79. The molecule has 2 heterocycles. The summed E-state index contributed by atoms with van der Waals surface area (Å²) in [6.07, 6.45) is 0. The smallest absolute Gasteiger partial charge is 0.0817 e. The molecule has 0 aromatic heterocycles. The molecule has 0 fully saturated rings. The highest BCUT2D eigenvalue weighted by molar-refractivity contribution is 5.96. The minimum absolute atomic E-state index is 1.01. The maximum absolute atomic E-state index is 4.96. The molecule has 0 saturated carbocycles. The minimum Gasteiger partial charge on any atom is -0.248 e. The molecule has 0 spiro atoms. The first kappa shape index (κ1) is 13.7. The molecule has 0 atom stereocenters. The molecule has 2 heteroatoms. The van der Waals surface area contributed by atoms with Crippen molar-refractivity contribution in [1.82, 2.24) is 0 Å². The van der Waals surface area contributed by atoms with Gasteiger partial charge in [-0.3, -0.25) is 0 Å². The van der Waals surface area contributed by atoms with Gasteiger partial charge in [-0.1, -0.05) is 60.7 Å². The summed E-state index contributed by atoms with van der Waals surface area (Å²) in [5.41, 5.74) is 6.86. The highest BCUT2D eigenvalue weighted by Gasteiger charge is 2.23. The molecule has 120 valence electrons. The van der Waals surface area contributed by atoms with Gasteiger partial charge in [-0.25, -0.2) is 9.98 Å². The van der Waals surface area contributed by atoms with E-state index in [0.717, 1.165) is 27.7 Å².